The molecule has 2 aliphatic heterocycles. The third-order valence-corrected chi connectivity index (χ3v) is 10.5. The van der Waals surface area contributed by atoms with Crippen molar-refractivity contribution >= 4 is 37.3 Å². The quantitative estimate of drug-likeness (QED) is 0.461. The number of ether oxygens (including phenoxy) is 2. The molecule has 1 saturated heterocycles. The zero-order valence-electron chi connectivity index (χ0n) is 21.5. The number of carbonyl (C=O) groups is 1. The van der Waals surface area contributed by atoms with Crippen molar-refractivity contribution in [3.63, 3.8) is 0 Å². The highest BCUT2D eigenvalue weighted by molar-refractivity contribution is 7.92. The van der Waals surface area contributed by atoms with Gasteiger partial charge in [-0.3, -0.25) is 9.10 Å². The number of rotatable bonds is 7. The number of nitrogens with one attached hydrogen (secondary N) is 1. The van der Waals surface area contributed by atoms with Gasteiger partial charge >= 0.3 is 0 Å². The Balaban J connectivity index is 1.45. The van der Waals surface area contributed by atoms with Crippen LogP contribution in [0.2, 0.25) is 0 Å². The molecule has 3 aromatic rings. The first-order valence-electron chi connectivity index (χ1n) is 12.5. The molecule has 0 aromatic heterocycles. The number of para-hydroxylation sites is 2. The Morgan fingerprint density at radius 3 is 2.28 bits per heavy atom. The molecular formula is C27H29N3O7S2. The summed E-state index contributed by atoms with van der Waals surface area (Å²) in [6, 6.07) is 17.3. The predicted octanol–water partition coefficient (Wildman–Crippen LogP) is 3.38. The molecule has 0 aliphatic carbocycles. The van der Waals surface area contributed by atoms with Crippen molar-refractivity contribution in [1.29, 1.82) is 0 Å². The van der Waals surface area contributed by atoms with E-state index >= 15 is 0 Å². The van der Waals surface area contributed by atoms with Gasteiger partial charge in [0.1, 0.15) is 11.5 Å². The fourth-order valence-electron chi connectivity index (χ4n) is 4.64. The van der Waals surface area contributed by atoms with Gasteiger partial charge in [0.15, 0.2) is 6.10 Å². The standard InChI is InChI=1S/C27H29N3O7S2/c1-19-9-11-20(12-10-19)39(34,35)30-18-26(37-25-8-4-3-7-23(25)30)27(31)28-22-17-21(13-14-24(22)36-2)38(32,33)29-15-5-6-16-29/h3-4,7-14,17,26H,5-6,15-16,18H2,1-2H3,(H,28,31)/t26-/m0/s1. The normalized spacial score (nSPS) is 17.8. The second kappa shape index (κ2) is 10.5. The van der Waals surface area contributed by atoms with Crippen LogP contribution in [0.1, 0.15) is 18.4 Å². The molecule has 5 rings (SSSR count). The monoisotopic (exact) mass is 571 g/mol. The average molecular weight is 572 g/mol. The molecule has 0 bridgehead atoms. The Labute approximate surface area is 228 Å². The third-order valence-electron chi connectivity index (χ3n) is 6.77. The summed E-state index contributed by atoms with van der Waals surface area (Å²) in [5.74, 6) is -0.163. The lowest BCUT2D eigenvalue weighted by atomic mass is 10.2. The summed E-state index contributed by atoms with van der Waals surface area (Å²) in [7, 11) is -6.35. The maximum atomic E-state index is 13.6. The Morgan fingerprint density at radius 2 is 1.59 bits per heavy atom. The van der Waals surface area contributed by atoms with Crippen LogP contribution in [-0.4, -0.2) is 59.9 Å². The van der Waals surface area contributed by atoms with Crippen molar-refractivity contribution in [1.82, 2.24) is 4.31 Å². The molecule has 1 N–H and O–H groups in total. The summed E-state index contributed by atoms with van der Waals surface area (Å²) >= 11 is 0. The van der Waals surface area contributed by atoms with E-state index in [1.54, 1.807) is 36.4 Å². The number of fused-ring (bicyclic) bond motifs is 1. The van der Waals surface area contributed by atoms with Gasteiger partial charge in [-0.15, -0.1) is 0 Å². The molecule has 2 heterocycles. The Morgan fingerprint density at radius 1 is 0.923 bits per heavy atom. The summed E-state index contributed by atoms with van der Waals surface area (Å²) in [5, 5.41) is 2.69. The molecule has 3 aromatic carbocycles. The highest BCUT2D eigenvalue weighted by Gasteiger charge is 2.38. The second-order valence-electron chi connectivity index (χ2n) is 9.39. The van der Waals surface area contributed by atoms with Gasteiger partial charge in [0, 0.05) is 13.1 Å². The van der Waals surface area contributed by atoms with Crippen LogP contribution in [0, 0.1) is 6.92 Å². The molecule has 1 atom stereocenters. The van der Waals surface area contributed by atoms with Gasteiger partial charge in [0.2, 0.25) is 10.0 Å². The van der Waals surface area contributed by atoms with Crippen molar-refractivity contribution in [3.05, 3.63) is 72.3 Å². The fourth-order valence-corrected chi connectivity index (χ4v) is 7.66. The minimum atomic E-state index is -4.02. The molecular weight excluding hydrogens is 542 g/mol. The van der Waals surface area contributed by atoms with Crippen LogP contribution >= 0.6 is 0 Å². The average Bonchev–Trinajstić information content (AvgIpc) is 3.49. The molecule has 0 radical (unpaired) electrons. The summed E-state index contributed by atoms with van der Waals surface area (Å²) < 4.78 is 67.3. The van der Waals surface area contributed by atoms with E-state index in [0.717, 1.165) is 22.7 Å². The van der Waals surface area contributed by atoms with Crippen molar-refractivity contribution in [2.75, 3.05) is 36.4 Å². The number of sulfonamides is 2. The first kappa shape index (κ1) is 27.0. The molecule has 39 heavy (non-hydrogen) atoms. The van der Waals surface area contributed by atoms with Gasteiger partial charge in [-0.2, -0.15) is 4.31 Å². The lowest BCUT2D eigenvalue weighted by Gasteiger charge is -2.34. The first-order chi connectivity index (χ1) is 18.6. The van der Waals surface area contributed by atoms with Crippen LogP contribution in [0.4, 0.5) is 11.4 Å². The first-order valence-corrected chi connectivity index (χ1v) is 15.3. The molecule has 206 valence electrons. The van der Waals surface area contributed by atoms with E-state index in [4.69, 9.17) is 9.47 Å². The van der Waals surface area contributed by atoms with E-state index in [1.807, 2.05) is 6.92 Å². The van der Waals surface area contributed by atoms with Crippen LogP contribution in [0.25, 0.3) is 0 Å². The molecule has 0 saturated carbocycles. The molecule has 12 heteroatoms. The number of nitrogens with zero attached hydrogens (tertiary/aromatic N) is 2. The maximum Gasteiger partial charge on any atom is 0.267 e. The van der Waals surface area contributed by atoms with Gasteiger partial charge in [0.05, 0.1) is 34.8 Å². The van der Waals surface area contributed by atoms with Gasteiger partial charge in [-0.05, 0) is 62.2 Å². The number of carbonyl (C=O) groups excluding carboxylic acids is 1. The minimum Gasteiger partial charge on any atom is -0.495 e. The van der Waals surface area contributed by atoms with Crippen LogP contribution in [0.5, 0.6) is 11.5 Å². The van der Waals surface area contributed by atoms with Gasteiger partial charge in [0.25, 0.3) is 15.9 Å². The van der Waals surface area contributed by atoms with E-state index in [2.05, 4.69) is 5.32 Å². The van der Waals surface area contributed by atoms with Gasteiger partial charge < -0.3 is 14.8 Å². The number of amides is 1. The number of anilines is 2. The highest BCUT2D eigenvalue weighted by atomic mass is 32.2. The van der Waals surface area contributed by atoms with Crippen molar-refractivity contribution in [3.8, 4) is 11.5 Å². The number of benzene rings is 3. The SMILES string of the molecule is COc1ccc(S(=O)(=O)N2CCCC2)cc1NC(=O)[C@@H]1CN(S(=O)(=O)c2ccc(C)cc2)c2ccccc2O1. The lowest BCUT2D eigenvalue weighted by molar-refractivity contribution is -0.122. The fraction of sp³-hybridized carbons (Fsp3) is 0.296. The molecule has 1 amide bonds. The Bertz CT molecular complexity index is 1600. The third kappa shape index (κ3) is 5.19. The summed E-state index contributed by atoms with van der Waals surface area (Å²) in [6.07, 6.45) is 0.367. The zero-order valence-corrected chi connectivity index (χ0v) is 23.2. The van der Waals surface area contributed by atoms with E-state index in [0.29, 0.717) is 18.8 Å². The number of methoxy groups -OCH3 is 1. The van der Waals surface area contributed by atoms with Crippen molar-refractivity contribution < 1.29 is 31.1 Å². The highest BCUT2D eigenvalue weighted by Crippen LogP contribution is 2.37. The van der Waals surface area contributed by atoms with Crippen LogP contribution in [-0.2, 0) is 24.8 Å². The zero-order chi connectivity index (χ0) is 27.8. The Hall–Kier alpha value is -3.61. The van der Waals surface area contributed by atoms with E-state index < -0.39 is 32.1 Å². The number of hydrogen-bond acceptors (Lipinski definition) is 7. The maximum absolute atomic E-state index is 13.6. The van der Waals surface area contributed by atoms with Gasteiger partial charge in [-0.25, -0.2) is 16.8 Å². The number of hydrogen-bond donors (Lipinski definition) is 1. The summed E-state index contributed by atoms with van der Waals surface area (Å²) in [5.41, 5.74) is 1.37. The minimum absolute atomic E-state index is 0.0268. The van der Waals surface area contributed by atoms with Crippen molar-refractivity contribution in [2.24, 2.45) is 0 Å². The molecule has 0 unspecified atom stereocenters. The van der Waals surface area contributed by atoms with Crippen LogP contribution in [0.15, 0.2) is 76.5 Å². The Kier molecular flexibility index (Phi) is 7.27. The van der Waals surface area contributed by atoms with Gasteiger partial charge in [-0.1, -0.05) is 29.8 Å². The summed E-state index contributed by atoms with van der Waals surface area (Å²) in [4.78, 5) is 13.6. The van der Waals surface area contributed by atoms with Crippen LogP contribution in [0.3, 0.4) is 0 Å². The topological polar surface area (TPSA) is 122 Å². The van der Waals surface area contributed by atoms with Crippen LogP contribution < -0.4 is 19.1 Å². The molecule has 2 aliphatic rings. The van der Waals surface area contributed by atoms with E-state index in [-0.39, 0.29) is 33.5 Å². The number of aryl methyl sites for hydroxylation is 1. The second-order valence-corrected chi connectivity index (χ2v) is 13.2. The molecule has 0 spiro atoms. The predicted molar refractivity (Wildman–Crippen MR) is 146 cm³/mol. The summed E-state index contributed by atoms with van der Waals surface area (Å²) in [6.45, 7) is 2.46. The lowest BCUT2D eigenvalue weighted by Crippen LogP contribution is -2.48. The van der Waals surface area contributed by atoms with Crippen molar-refractivity contribution in [2.45, 2.75) is 35.7 Å². The largest absolute Gasteiger partial charge is 0.495 e. The molecule has 10 nitrogen and oxygen atoms in total. The van der Waals surface area contributed by atoms with E-state index in [9.17, 15) is 21.6 Å². The molecule has 1 fully saturated rings. The smallest absolute Gasteiger partial charge is 0.267 e. The van der Waals surface area contributed by atoms with E-state index in [1.165, 1.54) is 41.7 Å².